The van der Waals surface area contributed by atoms with Gasteiger partial charge in [-0.1, -0.05) is 0 Å². The van der Waals surface area contributed by atoms with Crippen molar-refractivity contribution in [3.8, 4) is 0 Å². The molecule has 0 aromatic heterocycles. The Morgan fingerprint density at radius 3 is 2.39 bits per heavy atom. The van der Waals surface area contributed by atoms with Gasteiger partial charge in [-0.05, 0) is 12.0 Å². The molecular weight excluding hydrogens is 448 g/mol. The van der Waals surface area contributed by atoms with E-state index in [4.69, 9.17) is 44.1 Å². The smallest absolute Gasteiger partial charge is 0.380 e. The fourth-order valence-electron chi connectivity index (χ4n) is 1.93. The third-order valence-corrected chi connectivity index (χ3v) is 6.66. The first kappa shape index (κ1) is 25.2. The minimum absolute atomic E-state index is 0.0313. The maximum absolute atomic E-state index is 11.7. The van der Waals surface area contributed by atoms with Gasteiger partial charge in [-0.2, -0.15) is 8.62 Å². The van der Waals surface area contributed by atoms with E-state index in [1.165, 1.54) is 0 Å². The topological polar surface area (TPSA) is 231 Å². The quantitative estimate of drug-likeness (QED) is 0.0886. The zero-order chi connectivity index (χ0) is 21.8. The van der Waals surface area contributed by atoms with Crippen LogP contribution in [0.4, 0.5) is 0 Å². The van der Waals surface area contributed by atoms with Crippen molar-refractivity contribution in [1.29, 1.82) is 0 Å². The van der Waals surface area contributed by atoms with Gasteiger partial charge in [0, 0.05) is 23.0 Å². The molecular formula is C8H14BN4O12P3. The second-order valence-electron chi connectivity index (χ2n) is 5.23. The number of phosphoric acid groups is 3. The van der Waals surface area contributed by atoms with Crippen LogP contribution in [0.25, 0.3) is 15.3 Å². The molecule has 0 aromatic rings. The summed E-state index contributed by atoms with van der Waals surface area (Å²) in [7, 11) is -11.0. The van der Waals surface area contributed by atoms with Gasteiger partial charge in [-0.25, -0.2) is 20.3 Å². The second kappa shape index (κ2) is 9.34. The molecule has 0 amide bonds. The molecule has 6 atom stereocenters. The van der Waals surface area contributed by atoms with Gasteiger partial charge in [0.05, 0.1) is 12.7 Å². The lowest BCUT2D eigenvalue weighted by Gasteiger charge is -2.23. The summed E-state index contributed by atoms with van der Waals surface area (Å²) < 4.78 is 55.5. The summed E-state index contributed by atoms with van der Waals surface area (Å²) in [6.45, 7) is 7.32. The summed E-state index contributed by atoms with van der Waals surface area (Å²) in [6, 6.07) is -0.944. The molecule has 1 aliphatic rings. The van der Waals surface area contributed by atoms with Gasteiger partial charge >= 0.3 is 29.3 Å². The van der Waals surface area contributed by atoms with Gasteiger partial charge < -0.3 is 24.3 Å². The van der Waals surface area contributed by atoms with Crippen molar-refractivity contribution in [3.05, 3.63) is 21.9 Å². The summed E-state index contributed by atoms with van der Waals surface area (Å²) in [5.74, 6) is -1.97. The van der Waals surface area contributed by atoms with E-state index in [1.807, 2.05) is 0 Å². The van der Waals surface area contributed by atoms with Gasteiger partial charge in [0.2, 0.25) is 0 Å². The minimum atomic E-state index is -5.66. The normalized spacial score (nSPS) is 28.9. The van der Waals surface area contributed by atoms with E-state index in [9.17, 15) is 18.6 Å². The van der Waals surface area contributed by atoms with E-state index in [1.54, 1.807) is 0 Å². The summed E-state index contributed by atoms with van der Waals surface area (Å²) in [4.78, 5) is 40.9. The Kier molecular flexibility index (Phi) is 8.42. The van der Waals surface area contributed by atoms with E-state index < -0.39 is 54.1 Å². The predicted octanol–water partition coefficient (Wildman–Crippen LogP) is 0.902. The Hall–Kier alpha value is -0.805. The average Bonchev–Trinajstić information content (AvgIpc) is 2.81. The Morgan fingerprint density at radius 2 is 1.89 bits per heavy atom. The van der Waals surface area contributed by atoms with E-state index in [0.29, 0.717) is 0 Å². The van der Waals surface area contributed by atoms with Gasteiger partial charge in [0.15, 0.2) is 0 Å². The molecule has 156 valence electrons. The number of phosphoric ester groups is 1. The highest BCUT2D eigenvalue weighted by Crippen LogP contribution is 2.66. The molecule has 28 heavy (non-hydrogen) atoms. The molecule has 0 spiro atoms. The number of nitrogens with zero attached hydrogens (tertiary/aromatic N) is 4. The van der Waals surface area contributed by atoms with Crippen molar-refractivity contribution in [2.75, 3.05) is 6.61 Å². The van der Waals surface area contributed by atoms with Crippen molar-refractivity contribution in [3.63, 3.8) is 0 Å². The zero-order valence-corrected chi connectivity index (χ0v) is 16.6. The Labute approximate surface area is 159 Å². The molecule has 1 rings (SSSR count). The van der Waals surface area contributed by atoms with Crippen molar-refractivity contribution in [1.82, 2.24) is 0 Å². The van der Waals surface area contributed by atoms with Crippen LogP contribution in [0.3, 0.4) is 0 Å². The van der Waals surface area contributed by atoms with Crippen LogP contribution in [-0.4, -0.2) is 58.1 Å². The average molecular weight is 462 g/mol. The highest BCUT2D eigenvalue weighted by atomic mass is 31.3. The van der Waals surface area contributed by atoms with Crippen molar-refractivity contribution >= 4 is 31.3 Å². The molecule has 1 heterocycles. The second-order valence-corrected chi connectivity index (χ2v) is 9.65. The molecule has 0 aliphatic carbocycles. The van der Waals surface area contributed by atoms with E-state index in [2.05, 4.69) is 28.0 Å². The molecule has 1 saturated heterocycles. The van der Waals surface area contributed by atoms with Crippen molar-refractivity contribution in [2.24, 2.45) is 5.11 Å². The van der Waals surface area contributed by atoms with Crippen molar-refractivity contribution in [2.45, 2.75) is 37.4 Å². The maximum atomic E-state index is 11.7. The fraction of sp³-hybridized carbons (Fsp3) is 0.875. The van der Waals surface area contributed by atoms with Crippen LogP contribution >= 0.6 is 23.5 Å². The highest BCUT2D eigenvalue weighted by Gasteiger charge is 2.45. The lowest BCUT2D eigenvalue weighted by Crippen LogP contribution is -2.35. The molecule has 1 fully saturated rings. The van der Waals surface area contributed by atoms with E-state index >= 15 is 0 Å². The lowest BCUT2D eigenvalue weighted by molar-refractivity contribution is -0.0913. The summed E-state index contributed by atoms with van der Waals surface area (Å²) >= 11 is 0. The molecule has 0 aromatic carbocycles. The van der Waals surface area contributed by atoms with Crippen LogP contribution in [-0.2, 0) is 36.3 Å². The van der Waals surface area contributed by atoms with Crippen molar-refractivity contribution < 1.29 is 55.9 Å². The monoisotopic (exact) mass is 462 g/mol. The summed E-state index contributed by atoms with van der Waals surface area (Å²) in [5, 5.41) is 3.17. The summed E-state index contributed by atoms with van der Waals surface area (Å²) in [5.41, 5.74) is 8.47. The Bertz CT molecular complexity index is 809. The lowest BCUT2D eigenvalue weighted by atomic mass is 9.96. The van der Waals surface area contributed by atoms with Gasteiger partial charge in [0.1, 0.15) is 14.0 Å². The molecule has 20 heteroatoms. The largest absolute Gasteiger partial charge is 0.490 e. The van der Waals surface area contributed by atoms with Crippen LogP contribution in [0.15, 0.2) is 5.11 Å². The SMILES string of the molecule is [B][C@H]1CC(OC(C)(N=[N+]=[N-])[N+]#[C-])[C@@H](COP(=O)(O)OP(=O)(O)OP(=O)(O)O)O1. The van der Waals surface area contributed by atoms with Crippen LogP contribution in [0.1, 0.15) is 13.3 Å². The van der Waals surface area contributed by atoms with E-state index in [-0.39, 0.29) is 6.42 Å². The highest BCUT2D eigenvalue weighted by molar-refractivity contribution is 7.66. The van der Waals surface area contributed by atoms with Crippen LogP contribution in [0, 0.1) is 6.57 Å². The first-order valence-electron chi connectivity index (χ1n) is 6.92. The van der Waals surface area contributed by atoms with Crippen LogP contribution < -0.4 is 0 Å². The Morgan fingerprint density at radius 1 is 1.29 bits per heavy atom. The molecule has 1 aliphatic heterocycles. The molecule has 4 unspecified atom stereocenters. The Balaban J connectivity index is 2.79. The molecule has 2 radical (unpaired) electrons. The fourth-order valence-corrected chi connectivity index (χ4v) is 4.96. The summed E-state index contributed by atoms with van der Waals surface area (Å²) in [6.07, 6.45) is -2.28. The molecule has 16 nitrogen and oxygen atoms in total. The first-order valence-corrected chi connectivity index (χ1v) is 11.4. The maximum Gasteiger partial charge on any atom is 0.490 e. The molecule has 0 saturated carbocycles. The van der Waals surface area contributed by atoms with Crippen LogP contribution in [0.2, 0.25) is 0 Å². The number of rotatable bonds is 10. The zero-order valence-electron chi connectivity index (χ0n) is 13.9. The minimum Gasteiger partial charge on any atom is -0.380 e. The van der Waals surface area contributed by atoms with Gasteiger partial charge in [0.25, 0.3) is 0 Å². The van der Waals surface area contributed by atoms with Gasteiger partial charge in [-0.15, -0.1) is 0 Å². The number of azide groups is 1. The first-order chi connectivity index (χ1) is 12.6. The van der Waals surface area contributed by atoms with Gasteiger partial charge in [-0.3, -0.25) is 14.1 Å². The number of hydrogen-bond donors (Lipinski definition) is 4. The standard InChI is InChI=1S/C8H14BN4O12P3/c1-8(11-2,12-13-10)23-5-3-7(9)22-6(5)4-21-27(17,18)25-28(19,20)24-26(14,15)16/h5-7H,3-4H2,1H3,(H,17,18)(H,19,20)(H2,14,15,16)/t5?,6-,7-,8?/m1/s1. The van der Waals surface area contributed by atoms with Crippen LogP contribution in [0.5, 0.6) is 0 Å². The number of ether oxygens (including phenoxy) is 2. The molecule has 4 N–H and O–H groups in total. The predicted molar refractivity (Wildman–Crippen MR) is 87.9 cm³/mol. The van der Waals surface area contributed by atoms with E-state index in [0.717, 1.165) is 6.92 Å². The molecule has 0 bridgehead atoms. The third-order valence-electron chi connectivity index (χ3n) is 2.86. The third kappa shape index (κ3) is 8.69. The number of hydrogen-bond acceptors (Lipinski definition) is 9.